The second-order valence-electron chi connectivity index (χ2n) is 4.23. The lowest BCUT2D eigenvalue weighted by Gasteiger charge is -2.03. The Hall–Kier alpha value is -1.76. The Labute approximate surface area is 132 Å². The third-order valence-corrected chi connectivity index (χ3v) is 4.37. The standard InChI is InChI=1S/C13H7Cl2N3O2S/c14-11-5-8(12(15)21-11)10(19)6-18-13(20)7-3-1-2-4-9(7)16-17-18/h1-5H,6H2. The van der Waals surface area contributed by atoms with Crippen LogP contribution in [0.3, 0.4) is 0 Å². The van der Waals surface area contributed by atoms with E-state index in [1.807, 2.05) is 0 Å². The summed E-state index contributed by atoms with van der Waals surface area (Å²) in [7, 11) is 0. The summed E-state index contributed by atoms with van der Waals surface area (Å²) in [4.78, 5) is 24.4. The van der Waals surface area contributed by atoms with Crippen LogP contribution >= 0.6 is 34.5 Å². The smallest absolute Gasteiger partial charge is 0.278 e. The normalized spacial score (nSPS) is 11.0. The number of fused-ring (bicyclic) bond motifs is 1. The highest BCUT2D eigenvalue weighted by atomic mass is 35.5. The van der Waals surface area contributed by atoms with E-state index in [9.17, 15) is 9.59 Å². The summed E-state index contributed by atoms with van der Waals surface area (Å²) in [6.45, 7) is -0.233. The second-order valence-corrected chi connectivity index (χ2v) is 6.52. The van der Waals surface area contributed by atoms with Crippen molar-refractivity contribution in [2.24, 2.45) is 0 Å². The van der Waals surface area contributed by atoms with Crippen molar-refractivity contribution in [3.05, 3.63) is 54.9 Å². The monoisotopic (exact) mass is 339 g/mol. The van der Waals surface area contributed by atoms with Gasteiger partial charge in [0.25, 0.3) is 5.56 Å². The molecule has 106 valence electrons. The predicted molar refractivity (Wildman–Crippen MR) is 82.5 cm³/mol. The van der Waals surface area contributed by atoms with E-state index in [0.29, 0.717) is 19.6 Å². The fourth-order valence-electron chi connectivity index (χ4n) is 1.88. The van der Waals surface area contributed by atoms with Crippen molar-refractivity contribution in [1.29, 1.82) is 0 Å². The maximum atomic E-state index is 12.2. The Morgan fingerprint density at radius 2 is 2.05 bits per heavy atom. The average molecular weight is 340 g/mol. The lowest BCUT2D eigenvalue weighted by atomic mass is 10.2. The average Bonchev–Trinajstić information content (AvgIpc) is 2.81. The van der Waals surface area contributed by atoms with Gasteiger partial charge >= 0.3 is 0 Å². The number of hydrogen-bond donors (Lipinski definition) is 0. The number of thiophene rings is 1. The first-order valence-corrected chi connectivity index (χ1v) is 7.44. The molecule has 0 aliphatic carbocycles. The van der Waals surface area contributed by atoms with Crippen molar-refractivity contribution in [3.8, 4) is 0 Å². The molecule has 2 aromatic heterocycles. The summed E-state index contributed by atoms with van der Waals surface area (Å²) >= 11 is 12.8. The van der Waals surface area contributed by atoms with Crippen molar-refractivity contribution in [3.63, 3.8) is 0 Å². The van der Waals surface area contributed by atoms with Gasteiger partial charge in [0.15, 0.2) is 5.78 Å². The summed E-state index contributed by atoms with van der Waals surface area (Å²) in [5.41, 5.74) is 0.405. The van der Waals surface area contributed by atoms with E-state index in [0.717, 1.165) is 16.0 Å². The third kappa shape index (κ3) is 2.70. The van der Waals surface area contributed by atoms with E-state index in [4.69, 9.17) is 23.2 Å². The zero-order valence-corrected chi connectivity index (χ0v) is 12.7. The molecular formula is C13H7Cl2N3O2S. The molecule has 5 nitrogen and oxygen atoms in total. The van der Waals surface area contributed by atoms with Gasteiger partial charge in [-0.1, -0.05) is 40.5 Å². The lowest BCUT2D eigenvalue weighted by molar-refractivity contribution is 0.0965. The maximum Gasteiger partial charge on any atom is 0.278 e. The third-order valence-electron chi connectivity index (χ3n) is 2.88. The van der Waals surface area contributed by atoms with Crippen molar-refractivity contribution in [1.82, 2.24) is 15.0 Å². The molecule has 0 spiro atoms. The number of nitrogens with zero attached hydrogens (tertiary/aromatic N) is 3. The molecule has 0 amide bonds. The second kappa shape index (κ2) is 5.55. The minimum Gasteiger partial charge on any atom is -0.292 e. The van der Waals surface area contributed by atoms with E-state index >= 15 is 0 Å². The molecule has 0 atom stereocenters. The van der Waals surface area contributed by atoms with E-state index < -0.39 is 0 Å². The Morgan fingerprint density at radius 3 is 2.76 bits per heavy atom. The van der Waals surface area contributed by atoms with Crippen LogP contribution in [-0.4, -0.2) is 20.8 Å². The summed E-state index contributed by atoms with van der Waals surface area (Å²) in [5.74, 6) is -0.338. The Balaban J connectivity index is 1.99. The molecule has 0 aliphatic heterocycles. The van der Waals surface area contributed by atoms with E-state index in [1.54, 1.807) is 24.3 Å². The molecule has 8 heteroatoms. The van der Waals surface area contributed by atoms with Crippen LogP contribution in [0.2, 0.25) is 8.67 Å². The molecule has 2 heterocycles. The van der Waals surface area contributed by atoms with E-state index in [2.05, 4.69) is 10.3 Å². The number of rotatable bonds is 3. The quantitative estimate of drug-likeness (QED) is 0.688. The molecular weight excluding hydrogens is 333 g/mol. The molecule has 0 radical (unpaired) electrons. The van der Waals surface area contributed by atoms with Gasteiger partial charge in [0.2, 0.25) is 0 Å². The molecule has 3 rings (SSSR count). The Morgan fingerprint density at radius 1 is 1.29 bits per heavy atom. The fourth-order valence-corrected chi connectivity index (χ4v) is 3.38. The van der Waals surface area contributed by atoms with Crippen molar-refractivity contribution in [2.45, 2.75) is 6.54 Å². The van der Waals surface area contributed by atoms with E-state index in [1.165, 1.54) is 6.07 Å². The summed E-state index contributed by atoms with van der Waals surface area (Å²) < 4.78 is 1.74. The van der Waals surface area contributed by atoms with Crippen LogP contribution in [0.4, 0.5) is 0 Å². The molecule has 0 saturated heterocycles. The topological polar surface area (TPSA) is 64.8 Å². The van der Waals surface area contributed by atoms with E-state index in [-0.39, 0.29) is 23.5 Å². The van der Waals surface area contributed by atoms with Crippen LogP contribution in [0.15, 0.2) is 35.1 Å². The summed E-state index contributed by atoms with van der Waals surface area (Å²) in [6, 6.07) is 8.30. The van der Waals surface area contributed by atoms with Gasteiger partial charge in [-0.25, -0.2) is 4.68 Å². The first-order valence-electron chi connectivity index (χ1n) is 5.87. The predicted octanol–water partition coefficient (Wildman–Crippen LogP) is 3.04. The number of Topliss-reactive ketones (excluding diaryl/α,β-unsaturated/α-hetero) is 1. The number of hydrogen-bond acceptors (Lipinski definition) is 5. The zero-order chi connectivity index (χ0) is 15.0. The van der Waals surface area contributed by atoms with Gasteiger partial charge in [-0.3, -0.25) is 9.59 Å². The molecule has 0 saturated carbocycles. The summed E-state index contributed by atoms with van der Waals surface area (Å²) in [5, 5.41) is 8.10. The first-order chi connectivity index (χ1) is 10.1. The molecule has 0 bridgehead atoms. The van der Waals surface area contributed by atoms with Gasteiger partial charge in [-0.2, -0.15) is 0 Å². The number of carbonyl (C=O) groups excluding carboxylic acids is 1. The van der Waals surface area contributed by atoms with Crippen LogP contribution in [0.1, 0.15) is 10.4 Å². The number of benzene rings is 1. The van der Waals surface area contributed by atoms with Crippen LogP contribution in [0, 0.1) is 0 Å². The minimum absolute atomic E-state index is 0.233. The van der Waals surface area contributed by atoms with Gasteiger partial charge in [0.1, 0.15) is 16.4 Å². The Bertz CT molecular complexity index is 904. The Kier molecular flexibility index (Phi) is 3.75. The fraction of sp³-hybridized carbons (Fsp3) is 0.0769. The molecule has 0 unspecified atom stereocenters. The molecule has 21 heavy (non-hydrogen) atoms. The van der Waals surface area contributed by atoms with Crippen LogP contribution in [0.5, 0.6) is 0 Å². The van der Waals surface area contributed by atoms with Gasteiger partial charge in [-0.15, -0.1) is 16.4 Å². The van der Waals surface area contributed by atoms with Crippen LogP contribution in [-0.2, 0) is 6.54 Å². The largest absolute Gasteiger partial charge is 0.292 e. The highest BCUT2D eigenvalue weighted by molar-refractivity contribution is 7.20. The number of halogens is 2. The van der Waals surface area contributed by atoms with Crippen molar-refractivity contribution >= 4 is 51.2 Å². The SMILES string of the molecule is O=C(Cn1nnc2ccccc2c1=O)c1cc(Cl)sc1Cl. The van der Waals surface area contributed by atoms with Gasteiger partial charge in [0.05, 0.1) is 15.3 Å². The highest BCUT2D eigenvalue weighted by Crippen LogP contribution is 2.31. The minimum atomic E-state index is -0.369. The number of aromatic nitrogens is 3. The molecule has 0 N–H and O–H groups in total. The van der Waals surface area contributed by atoms with Crippen molar-refractivity contribution < 1.29 is 4.79 Å². The molecule has 0 aliphatic rings. The van der Waals surface area contributed by atoms with Gasteiger partial charge < -0.3 is 0 Å². The molecule has 1 aromatic carbocycles. The number of carbonyl (C=O) groups is 1. The van der Waals surface area contributed by atoms with Gasteiger partial charge in [-0.05, 0) is 18.2 Å². The molecule has 0 fully saturated rings. The maximum absolute atomic E-state index is 12.2. The van der Waals surface area contributed by atoms with Crippen molar-refractivity contribution in [2.75, 3.05) is 0 Å². The lowest BCUT2D eigenvalue weighted by Crippen LogP contribution is -2.27. The zero-order valence-electron chi connectivity index (χ0n) is 10.4. The van der Waals surface area contributed by atoms with Crippen LogP contribution < -0.4 is 5.56 Å². The summed E-state index contributed by atoms with van der Waals surface area (Å²) in [6.07, 6.45) is 0. The first kappa shape index (κ1) is 14.2. The molecule has 3 aromatic rings. The van der Waals surface area contributed by atoms with Gasteiger partial charge in [0, 0.05) is 0 Å². The highest BCUT2D eigenvalue weighted by Gasteiger charge is 2.16. The number of ketones is 1. The van der Waals surface area contributed by atoms with Crippen LogP contribution in [0.25, 0.3) is 10.9 Å².